The minimum absolute atomic E-state index is 0. The number of hydrogen-bond acceptors (Lipinski definition) is 2. The van der Waals surface area contributed by atoms with E-state index in [1.54, 1.807) is 0 Å². The van der Waals surface area contributed by atoms with Crippen molar-refractivity contribution in [1.82, 2.24) is 0 Å². The lowest BCUT2D eigenvalue weighted by molar-refractivity contribution is -0.140. The van der Waals surface area contributed by atoms with E-state index in [1.165, 1.54) is 0 Å². The number of halogens is 5. The Morgan fingerprint density at radius 3 is 2.26 bits per heavy atom. The van der Waals surface area contributed by atoms with E-state index < -0.39 is 29.7 Å². The van der Waals surface area contributed by atoms with Gasteiger partial charge in [-0.3, -0.25) is 0 Å². The maximum atomic E-state index is 13.3. The van der Waals surface area contributed by atoms with E-state index in [-0.39, 0.29) is 23.9 Å². The number of aliphatic hydroxyl groups excluding tert-OH is 1. The van der Waals surface area contributed by atoms with Gasteiger partial charge in [-0.25, -0.2) is 4.39 Å². The van der Waals surface area contributed by atoms with Gasteiger partial charge in [0, 0.05) is 0 Å². The Morgan fingerprint density at radius 1 is 1.26 bits per heavy atom. The highest BCUT2D eigenvalue weighted by Gasteiger charge is 2.36. The second-order valence-corrected chi connectivity index (χ2v) is 4.59. The number of benzene rings is 1. The van der Waals surface area contributed by atoms with Gasteiger partial charge in [-0.15, -0.1) is 12.4 Å². The zero-order chi connectivity index (χ0) is 13.5. The van der Waals surface area contributed by atoms with Gasteiger partial charge in [0.1, 0.15) is 5.82 Å². The Bertz CT molecular complexity index is 448. The molecule has 1 aliphatic carbocycles. The molecule has 0 bridgehead atoms. The quantitative estimate of drug-likeness (QED) is 0.843. The summed E-state index contributed by atoms with van der Waals surface area (Å²) in [5.41, 5.74) is 4.57. The first kappa shape index (κ1) is 16.2. The van der Waals surface area contributed by atoms with Crippen LogP contribution in [0.1, 0.15) is 30.0 Å². The molecule has 2 rings (SSSR count). The molecule has 0 radical (unpaired) electrons. The summed E-state index contributed by atoms with van der Waals surface area (Å²) in [5.74, 6) is -1.29. The van der Waals surface area contributed by atoms with Crippen LogP contribution in [0.15, 0.2) is 18.2 Å². The van der Waals surface area contributed by atoms with Crippen LogP contribution in [0.4, 0.5) is 17.6 Å². The average molecular weight is 300 g/mol. The maximum absolute atomic E-state index is 13.3. The summed E-state index contributed by atoms with van der Waals surface area (Å²) in [6, 6.07) is 1.67. The second-order valence-electron chi connectivity index (χ2n) is 4.59. The summed E-state index contributed by atoms with van der Waals surface area (Å²) in [5, 5.41) is 9.76. The molecule has 0 saturated heterocycles. The van der Waals surface area contributed by atoms with Gasteiger partial charge in [-0.05, 0) is 36.5 Å². The Balaban J connectivity index is 0.00000180. The van der Waals surface area contributed by atoms with E-state index in [0.717, 1.165) is 25.0 Å². The van der Waals surface area contributed by atoms with Crippen molar-refractivity contribution in [3.63, 3.8) is 0 Å². The van der Waals surface area contributed by atoms with Gasteiger partial charge in [-0.1, -0.05) is 6.07 Å². The average Bonchev–Trinajstić information content (AvgIpc) is 3.09. The van der Waals surface area contributed by atoms with Gasteiger partial charge in [0.25, 0.3) is 0 Å². The number of rotatable bonds is 3. The largest absolute Gasteiger partial charge is 0.419 e. The highest BCUT2D eigenvalue weighted by atomic mass is 35.5. The number of alkyl halides is 3. The molecular formula is C12H14ClF4NO. The van der Waals surface area contributed by atoms with Gasteiger partial charge in [0.05, 0.1) is 17.7 Å². The normalized spacial score (nSPS) is 18.6. The van der Waals surface area contributed by atoms with E-state index >= 15 is 0 Å². The Labute approximate surface area is 114 Å². The SMILES string of the molecule is Cl.N[C@H](c1ccc(C(F)(F)F)c(F)c1)[C@@H](O)C1CC1. The second kappa shape index (κ2) is 5.64. The fraction of sp³-hybridized carbons (Fsp3) is 0.500. The molecule has 0 spiro atoms. The lowest BCUT2D eigenvalue weighted by atomic mass is 9.97. The van der Waals surface area contributed by atoms with Crippen molar-refractivity contribution in [1.29, 1.82) is 0 Å². The third kappa shape index (κ3) is 3.58. The van der Waals surface area contributed by atoms with E-state index in [0.29, 0.717) is 6.07 Å². The molecule has 0 aromatic heterocycles. The van der Waals surface area contributed by atoms with E-state index in [2.05, 4.69) is 0 Å². The Kier molecular flexibility index (Phi) is 4.81. The molecule has 0 amide bonds. The predicted octanol–water partition coefficient (Wildman–Crippen LogP) is 3.04. The molecule has 2 atom stereocenters. The van der Waals surface area contributed by atoms with Crippen molar-refractivity contribution in [2.45, 2.75) is 31.2 Å². The molecule has 3 N–H and O–H groups in total. The first-order valence-electron chi connectivity index (χ1n) is 5.61. The molecule has 1 saturated carbocycles. The van der Waals surface area contributed by atoms with Gasteiger partial charge in [-0.2, -0.15) is 13.2 Å². The number of hydrogen-bond donors (Lipinski definition) is 2. The highest BCUT2D eigenvalue weighted by Crippen LogP contribution is 2.38. The van der Waals surface area contributed by atoms with Crippen molar-refractivity contribution >= 4 is 12.4 Å². The number of nitrogens with two attached hydrogens (primary N) is 1. The summed E-state index contributed by atoms with van der Waals surface area (Å²) >= 11 is 0. The summed E-state index contributed by atoms with van der Waals surface area (Å²) in [7, 11) is 0. The van der Waals surface area contributed by atoms with Crippen molar-refractivity contribution in [2.75, 3.05) is 0 Å². The molecular weight excluding hydrogens is 286 g/mol. The van der Waals surface area contributed by atoms with Crippen LogP contribution in [0.3, 0.4) is 0 Å². The monoisotopic (exact) mass is 299 g/mol. The topological polar surface area (TPSA) is 46.2 Å². The van der Waals surface area contributed by atoms with Gasteiger partial charge in [0.2, 0.25) is 0 Å². The molecule has 1 aromatic carbocycles. The molecule has 108 valence electrons. The summed E-state index contributed by atoms with van der Waals surface area (Å²) in [6.07, 6.45) is -3.86. The zero-order valence-corrected chi connectivity index (χ0v) is 10.6. The maximum Gasteiger partial charge on any atom is 0.419 e. The van der Waals surface area contributed by atoms with Crippen LogP contribution >= 0.6 is 12.4 Å². The van der Waals surface area contributed by atoms with Gasteiger partial charge in [0.15, 0.2) is 0 Å². The van der Waals surface area contributed by atoms with Crippen LogP contribution in [0.2, 0.25) is 0 Å². The zero-order valence-electron chi connectivity index (χ0n) is 9.82. The lowest BCUT2D eigenvalue weighted by Gasteiger charge is -2.19. The van der Waals surface area contributed by atoms with Crippen LogP contribution in [0.25, 0.3) is 0 Å². The van der Waals surface area contributed by atoms with Gasteiger partial charge >= 0.3 is 6.18 Å². The molecule has 19 heavy (non-hydrogen) atoms. The molecule has 0 unspecified atom stereocenters. The fourth-order valence-electron chi connectivity index (χ4n) is 1.90. The van der Waals surface area contributed by atoms with Crippen LogP contribution in [0, 0.1) is 11.7 Å². The third-order valence-corrected chi connectivity index (χ3v) is 3.16. The van der Waals surface area contributed by atoms with Crippen LogP contribution in [-0.4, -0.2) is 11.2 Å². The van der Waals surface area contributed by atoms with Crippen molar-refractivity contribution in [3.05, 3.63) is 35.1 Å². The molecule has 2 nitrogen and oxygen atoms in total. The minimum atomic E-state index is -4.72. The summed E-state index contributed by atoms with van der Waals surface area (Å²) in [4.78, 5) is 0. The fourth-order valence-corrected chi connectivity index (χ4v) is 1.90. The summed E-state index contributed by atoms with van der Waals surface area (Å²) < 4.78 is 50.4. The molecule has 0 aliphatic heterocycles. The number of aliphatic hydroxyl groups is 1. The first-order chi connectivity index (χ1) is 8.30. The van der Waals surface area contributed by atoms with Crippen molar-refractivity contribution in [3.8, 4) is 0 Å². The minimum Gasteiger partial charge on any atom is -0.391 e. The van der Waals surface area contributed by atoms with E-state index in [9.17, 15) is 22.7 Å². The molecule has 0 heterocycles. The van der Waals surface area contributed by atoms with Gasteiger partial charge < -0.3 is 10.8 Å². The molecule has 7 heteroatoms. The predicted molar refractivity (Wildman–Crippen MR) is 64.3 cm³/mol. The van der Waals surface area contributed by atoms with Crippen molar-refractivity contribution < 1.29 is 22.7 Å². The first-order valence-corrected chi connectivity index (χ1v) is 5.61. The smallest absolute Gasteiger partial charge is 0.391 e. The molecule has 1 fully saturated rings. The van der Waals surface area contributed by atoms with Crippen LogP contribution in [-0.2, 0) is 6.18 Å². The van der Waals surface area contributed by atoms with E-state index in [1.807, 2.05) is 0 Å². The standard InChI is InChI=1S/C12H13F4NO.ClH/c13-9-5-7(3-4-8(9)12(14,15)16)10(17)11(18)6-1-2-6;/h3-6,10-11,18H,1-2,17H2;1H/t10-,11+;/m1./s1. The Hall–Kier alpha value is -0.850. The van der Waals surface area contributed by atoms with Crippen LogP contribution < -0.4 is 5.73 Å². The lowest BCUT2D eigenvalue weighted by Crippen LogP contribution is -2.28. The van der Waals surface area contributed by atoms with E-state index in [4.69, 9.17) is 5.73 Å². The third-order valence-electron chi connectivity index (χ3n) is 3.16. The molecule has 1 aliphatic rings. The van der Waals surface area contributed by atoms with Crippen molar-refractivity contribution in [2.24, 2.45) is 11.7 Å². The highest BCUT2D eigenvalue weighted by molar-refractivity contribution is 5.85. The molecule has 1 aromatic rings. The Morgan fingerprint density at radius 2 is 1.84 bits per heavy atom. The summed E-state index contributed by atoms with van der Waals surface area (Å²) in [6.45, 7) is 0. The van der Waals surface area contributed by atoms with Crippen LogP contribution in [0.5, 0.6) is 0 Å².